The summed E-state index contributed by atoms with van der Waals surface area (Å²) in [6.45, 7) is 5.71. The van der Waals surface area contributed by atoms with E-state index in [-0.39, 0.29) is 11.8 Å². The van der Waals surface area contributed by atoms with Gasteiger partial charge in [0.1, 0.15) is 17.3 Å². The minimum Gasteiger partial charge on any atom is -0.354 e. The van der Waals surface area contributed by atoms with Crippen LogP contribution in [0.3, 0.4) is 0 Å². The first-order valence-electron chi connectivity index (χ1n) is 5.76. The van der Waals surface area contributed by atoms with Crippen LogP contribution in [-0.4, -0.2) is 22.3 Å². The average molecular weight is 242 g/mol. The number of aliphatic imine (C=N–C) groups is 1. The van der Waals surface area contributed by atoms with E-state index in [2.05, 4.69) is 15.3 Å². The van der Waals surface area contributed by atoms with Gasteiger partial charge in [0.05, 0.1) is 5.56 Å². The van der Waals surface area contributed by atoms with E-state index in [4.69, 9.17) is 5.26 Å². The zero-order chi connectivity index (χ0) is 13.3. The van der Waals surface area contributed by atoms with Gasteiger partial charge in [-0.1, -0.05) is 13.8 Å². The Morgan fingerprint density at radius 1 is 1.50 bits per heavy atom. The van der Waals surface area contributed by atoms with E-state index < -0.39 is 5.54 Å². The number of pyridine rings is 1. The Morgan fingerprint density at radius 3 is 2.78 bits per heavy atom. The van der Waals surface area contributed by atoms with E-state index in [1.54, 1.807) is 18.3 Å². The third-order valence-corrected chi connectivity index (χ3v) is 3.34. The molecule has 5 heteroatoms. The molecule has 1 N–H and O–H groups in total. The van der Waals surface area contributed by atoms with E-state index in [1.165, 1.54) is 0 Å². The Hall–Kier alpha value is -2.22. The Labute approximate surface area is 106 Å². The molecule has 1 aromatic rings. The summed E-state index contributed by atoms with van der Waals surface area (Å²) in [5.41, 5.74) is 0.113. The summed E-state index contributed by atoms with van der Waals surface area (Å²) in [7, 11) is 0. The van der Waals surface area contributed by atoms with E-state index in [1.807, 2.05) is 26.8 Å². The number of amidine groups is 1. The van der Waals surface area contributed by atoms with Crippen molar-refractivity contribution in [2.45, 2.75) is 26.3 Å². The second-order valence-electron chi connectivity index (χ2n) is 4.76. The summed E-state index contributed by atoms with van der Waals surface area (Å²) in [4.78, 5) is 20.1. The molecule has 0 bridgehead atoms. The highest BCUT2D eigenvalue weighted by Crippen LogP contribution is 2.24. The quantitative estimate of drug-likeness (QED) is 0.846. The largest absolute Gasteiger partial charge is 0.354 e. The van der Waals surface area contributed by atoms with Crippen molar-refractivity contribution in [3.63, 3.8) is 0 Å². The maximum atomic E-state index is 12.0. The number of hydrogen-bond donors (Lipinski definition) is 1. The fraction of sp³-hybridized carbons (Fsp3) is 0.385. The van der Waals surface area contributed by atoms with Crippen molar-refractivity contribution < 1.29 is 4.79 Å². The highest BCUT2D eigenvalue weighted by atomic mass is 16.2. The molecule has 0 spiro atoms. The van der Waals surface area contributed by atoms with Crippen LogP contribution >= 0.6 is 0 Å². The van der Waals surface area contributed by atoms with Gasteiger partial charge in [0, 0.05) is 6.20 Å². The van der Waals surface area contributed by atoms with Gasteiger partial charge in [-0.2, -0.15) is 10.3 Å². The van der Waals surface area contributed by atoms with E-state index in [9.17, 15) is 4.79 Å². The first kappa shape index (κ1) is 12.2. The van der Waals surface area contributed by atoms with Crippen molar-refractivity contribution in [2.24, 2.45) is 10.9 Å². The lowest BCUT2D eigenvalue weighted by Gasteiger charge is -2.27. The first-order chi connectivity index (χ1) is 8.49. The van der Waals surface area contributed by atoms with Gasteiger partial charge in [-0.3, -0.25) is 9.78 Å². The van der Waals surface area contributed by atoms with E-state index >= 15 is 0 Å². The molecule has 0 radical (unpaired) electrons. The maximum absolute atomic E-state index is 12.0. The van der Waals surface area contributed by atoms with Crippen molar-refractivity contribution in [1.82, 2.24) is 10.3 Å². The SMILES string of the molecule is CC(C)C1(C)NC(c2ncccc2C#N)=NC1=O. The molecule has 1 aromatic heterocycles. The topological polar surface area (TPSA) is 78.1 Å². The standard InChI is InChI=1S/C13H14N4O/c1-8(2)13(3)12(18)16-11(17-13)10-9(7-14)5-4-6-15-10/h4-6,8H,1-3H3,(H,16,17,18). The Morgan fingerprint density at radius 2 is 2.22 bits per heavy atom. The molecule has 92 valence electrons. The number of nitrogens with one attached hydrogen (secondary N) is 1. The van der Waals surface area contributed by atoms with Crippen LogP contribution < -0.4 is 5.32 Å². The van der Waals surface area contributed by atoms with Crippen molar-refractivity contribution in [3.8, 4) is 6.07 Å². The van der Waals surface area contributed by atoms with Crippen molar-refractivity contribution in [1.29, 1.82) is 5.26 Å². The van der Waals surface area contributed by atoms with Crippen LogP contribution in [-0.2, 0) is 4.79 Å². The predicted molar refractivity (Wildman–Crippen MR) is 66.9 cm³/mol. The number of aromatic nitrogens is 1. The number of nitrogens with zero attached hydrogens (tertiary/aromatic N) is 3. The molecule has 0 saturated heterocycles. The lowest BCUT2D eigenvalue weighted by molar-refractivity contribution is -0.123. The third-order valence-electron chi connectivity index (χ3n) is 3.34. The molecule has 1 amide bonds. The van der Waals surface area contributed by atoms with E-state index in [0.29, 0.717) is 17.1 Å². The van der Waals surface area contributed by atoms with E-state index in [0.717, 1.165) is 0 Å². The van der Waals surface area contributed by atoms with Crippen molar-refractivity contribution >= 4 is 11.7 Å². The lowest BCUT2D eigenvalue weighted by atomic mass is 9.88. The average Bonchev–Trinajstić information content (AvgIpc) is 2.67. The second kappa shape index (κ2) is 4.22. The van der Waals surface area contributed by atoms with Gasteiger partial charge in [0.2, 0.25) is 0 Å². The number of hydrogen-bond acceptors (Lipinski definition) is 4. The van der Waals surface area contributed by atoms with Crippen LogP contribution in [0.15, 0.2) is 23.3 Å². The molecule has 0 aromatic carbocycles. The summed E-state index contributed by atoms with van der Waals surface area (Å²) in [5, 5.41) is 12.1. The first-order valence-corrected chi connectivity index (χ1v) is 5.76. The van der Waals surface area contributed by atoms with Gasteiger partial charge in [-0.15, -0.1) is 0 Å². The minimum atomic E-state index is -0.723. The third kappa shape index (κ3) is 1.76. The molecule has 0 fully saturated rings. The lowest BCUT2D eigenvalue weighted by Crippen LogP contribution is -2.50. The van der Waals surface area contributed by atoms with Crippen LogP contribution in [0, 0.1) is 17.2 Å². The predicted octanol–water partition coefficient (Wildman–Crippen LogP) is 1.24. The number of carbonyl (C=O) groups excluding carboxylic acids is 1. The Bertz CT molecular complexity index is 571. The molecule has 1 atom stereocenters. The Balaban J connectivity index is 2.42. The number of carbonyl (C=O) groups is 1. The van der Waals surface area contributed by atoms with Gasteiger partial charge in [-0.05, 0) is 25.0 Å². The molecular weight excluding hydrogens is 228 g/mol. The van der Waals surface area contributed by atoms with Crippen molar-refractivity contribution in [3.05, 3.63) is 29.6 Å². The van der Waals surface area contributed by atoms with Crippen molar-refractivity contribution in [2.75, 3.05) is 0 Å². The van der Waals surface area contributed by atoms with Crippen LogP contribution in [0.2, 0.25) is 0 Å². The fourth-order valence-corrected chi connectivity index (χ4v) is 1.73. The molecule has 0 aliphatic carbocycles. The molecule has 2 rings (SSSR count). The van der Waals surface area contributed by atoms with Gasteiger partial charge >= 0.3 is 0 Å². The van der Waals surface area contributed by atoms with Gasteiger partial charge < -0.3 is 5.32 Å². The van der Waals surface area contributed by atoms with Crippen LogP contribution in [0.1, 0.15) is 32.0 Å². The second-order valence-corrected chi connectivity index (χ2v) is 4.76. The molecule has 1 aliphatic rings. The van der Waals surface area contributed by atoms with Crippen LogP contribution in [0.25, 0.3) is 0 Å². The molecule has 2 heterocycles. The zero-order valence-electron chi connectivity index (χ0n) is 10.6. The molecule has 0 saturated carbocycles. The highest BCUT2D eigenvalue weighted by molar-refractivity contribution is 6.13. The van der Waals surface area contributed by atoms with Gasteiger partial charge in [-0.25, -0.2) is 0 Å². The van der Waals surface area contributed by atoms with Gasteiger partial charge in [0.15, 0.2) is 5.84 Å². The monoisotopic (exact) mass is 242 g/mol. The summed E-state index contributed by atoms with van der Waals surface area (Å²) in [6.07, 6.45) is 1.58. The van der Waals surface area contributed by atoms with Crippen LogP contribution in [0.5, 0.6) is 0 Å². The molecule has 1 unspecified atom stereocenters. The zero-order valence-corrected chi connectivity index (χ0v) is 10.6. The molecule has 18 heavy (non-hydrogen) atoms. The smallest absolute Gasteiger partial charge is 0.273 e. The summed E-state index contributed by atoms with van der Waals surface area (Å²) in [6, 6.07) is 5.39. The summed E-state index contributed by atoms with van der Waals surface area (Å²) >= 11 is 0. The highest BCUT2D eigenvalue weighted by Gasteiger charge is 2.42. The minimum absolute atomic E-state index is 0.0977. The normalized spacial score (nSPS) is 22.6. The summed E-state index contributed by atoms with van der Waals surface area (Å²) < 4.78 is 0. The summed E-state index contributed by atoms with van der Waals surface area (Å²) in [5.74, 6) is 0.260. The fourth-order valence-electron chi connectivity index (χ4n) is 1.73. The maximum Gasteiger partial charge on any atom is 0.273 e. The number of rotatable bonds is 2. The van der Waals surface area contributed by atoms with Crippen LogP contribution in [0.4, 0.5) is 0 Å². The number of nitriles is 1. The Kier molecular flexibility index (Phi) is 2.87. The van der Waals surface area contributed by atoms with Gasteiger partial charge in [0.25, 0.3) is 5.91 Å². The number of amides is 1. The molecule has 1 aliphatic heterocycles. The molecular formula is C13H14N4O. The molecule has 5 nitrogen and oxygen atoms in total.